The van der Waals surface area contributed by atoms with Gasteiger partial charge < -0.3 is 10.5 Å². The largest absolute Gasteiger partial charge is 0.489 e. The Bertz CT molecular complexity index is 698. The Morgan fingerprint density at radius 1 is 1.10 bits per heavy atom. The summed E-state index contributed by atoms with van der Waals surface area (Å²) >= 11 is 0. The Labute approximate surface area is 124 Å². The Kier molecular flexibility index (Phi) is 4.97. The molecular weight excluding hydrogens is 265 g/mol. The Morgan fingerprint density at radius 3 is 2.57 bits per heavy atom. The molecule has 108 valence electrons. The van der Waals surface area contributed by atoms with Gasteiger partial charge in [0.1, 0.15) is 18.2 Å². The predicted octanol–water partition coefficient (Wildman–Crippen LogP) is 3.33. The molecule has 0 radical (unpaired) electrons. The van der Waals surface area contributed by atoms with Gasteiger partial charge in [-0.1, -0.05) is 17.9 Å². The zero-order valence-electron chi connectivity index (χ0n) is 12.2. The van der Waals surface area contributed by atoms with Crippen molar-refractivity contribution in [1.82, 2.24) is 0 Å². The number of nitrogens with two attached hydrogens (primary N) is 1. The first kappa shape index (κ1) is 15.1. The van der Waals surface area contributed by atoms with Crippen molar-refractivity contribution in [3.63, 3.8) is 0 Å². The second kappa shape index (κ2) is 6.92. The van der Waals surface area contributed by atoms with Crippen molar-refractivity contribution < 1.29 is 9.13 Å². The van der Waals surface area contributed by atoms with Crippen LogP contribution in [0.1, 0.15) is 22.3 Å². The molecule has 2 N–H and O–H groups in total. The number of hydrogen-bond acceptors (Lipinski definition) is 2. The molecule has 0 amide bonds. The lowest BCUT2D eigenvalue weighted by Crippen LogP contribution is -2.00. The molecule has 0 aliphatic carbocycles. The number of benzene rings is 2. The maximum absolute atomic E-state index is 13.1. The smallest absolute Gasteiger partial charge is 0.123 e. The van der Waals surface area contributed by atoms with Crippen molar-refractivity contribution in [3.05, 3.63) is 64.5 Å². The van der Waals surface area contributed by atoms with Crippen LogP contribution in [0.4, 0.5) is 4.39 Å². The minimum atomic E-state index is -0.227. The quantitative estimate of drug-likeness (QED) is 0.877. The van der Waals surface area contributed by atoms with E-state index in [9.17, 15) is 4.39 Å². The van der Waals surface area contributed by atoms with Gasteiger partial charge in [-0.15, -0.1) is 0 Å². The summed E-state index contributed by atoms with van der Waals surface area (Å²) in [6.07, 6.45) is 0. The molecular formula is C18H18FNO. The lowest BCUT2D eigenvalue weighted by Gasteiger charge is -2.11. The summed E-state index contributed by atoms with van der Waals surface area (Å²) < 4.78 is 18.9. The van der Waals surface area contributed by atoms with Gasteiger partial charge in [-0.2, -0.15) is 0 Å². The first-order chi connectivity index (χ1) is 10.1. The van der Waals surface area contributed by atoms with E-state index in [1.54, 1.807) is 6.07 Å². The molecule has 0 bridgehead atoms. The van der Waals surface area contributed by atoms with Gasteiger partial charge in [0, 0.05) is 5.56 Å². The van der Waals surface area contributed by atoms with E-state index in [0.717, 1.165) is 28.0 Å². The van der Waals surface area contributed by atoms with Crippen LogP contribution in [0.15, 0.2) is 36.4 Å². The van der Waals surface area contributed by atoms with Crippen LogP contribution in [0.2, 0.25) is 0 Å². The highest BCUT2D eigenvalue weighted by Gasteiger charge is 2.04. The van der Waals surface area contributed by atoms with Gasteiger partial charge in [0.25, 0.3) is 0 Å². The Morgan fingerprint density at radius 2 is 1.90 bits per heavy atom. The monoisotopic (exact) mass is 283 g/mol. The molecule has 0 heterocycles. The van der Waals surface area contributed by atoms with Gasteiger partial charge in [0.2, 0.25) is 0 Å². The van der Waals surface area contributed by atoms with Crippen LogP contribution in [0.5, 0.6) is 5.75 Å². The van der Waals surface area contributed by atoms with Gasteiger partial charge in [-0.05, 0) is 60.9 Å². The molecule has 0 saturated carbocycles. The minimum Gasteiger partial charge on any atom is -0.489 e. The number of rotatable bonds is 3. The van der Waals surface area contributed by atoms with E-state index < -0.39 is 0 Å². The van der Waals surface area contributed by atoms with Crippen LogP contribution in [-0.4, -0.2) is 6.54 Å². The van der Waals surface area contributed by atoms with Crippen LogP contribution in [0, 0.1) is 31.5 Å². The molecule has 2 aromatic carbocycles. The van der Waals surface area contributed by atoms with E-state index in [2.05, 4.69) is 11.8 Å². The first-order valence-electron chi connectivity index (χ1n) is 6.77. The summed E-state index contributed by atoms with van der Waals surface area (Å²) in [7, 11) is 0. The second-order valence-corrected chi connectivity index (χ2v) is 4.85. The number of aryl methyl sites for hydroxylation is 2. The second-order valence-electron chi connectivity index (χ2n) is 4.85. The third kappa shape index (κ3) is 4.08. The fraction of sp³-hybridized carbons (Fsp3) is 0.222. The number of hydrogen-bond donors (Lipinski definition) is 1. The van der Waals surface area contributed by atoms with Crippen molar-refractivity contribution in [2.75, 3.05) is 6.54 Å². The summed E-state index contributed by atoms with van der Waals surface area (Å²) in [6.45, 7) is 4.61. The SMILES string of the molecule is Cc1cc(F)ccc1COc1ccc(C#CCN)cc1C. The van der Waals surface area contributed by atoms with Crippen LogP contribution in [0.25, 0.3) is 0 Å². The fourth-order valence-electron chi connectivity index (χ4n) is 2.02. The summed E-state index contributed by atoms with van der Waals surface area (Å²) in [4.78, 5) is 0. The fourth-order valence-corrected chi connectivity index (χ4v) is 2.02. The van der Waals surface area contributed by atoms with Gasteiger partial charge in [0.15, 0.2) is 0 Å². The molecule has 2 aromatic rings. The molecule has 0 unspecified atom stereocenters. The standard InChI is InChI=1S/C18H18FNO/c1-13-11-17(19)7-6-16(13)12-21-18-8-5-15(4-3-9-20)10-14(18)2/h5-8,10-11H,9,12,20H2,1-2H3. The lowest BCUT2D eigenvalue weighted by atomic mass is 10.1. The van der Waals surface area contributed by atoms with E-state index in [0.29, 0.717) is 13.2 Å². The van der Waals surface area contributed by atoms with E-state index >= 15 is 0 Å². The first-order valence-corrected chi connectivity index (χ1v) is 6.77. The molecule has 0 saturated heterocycles. The molecule has 0 aliphatic rings. The topological polar surface area (TPSA) is 35.2 Å². The summed E-state index contributed by atoms with van der Waals surface area (Å²) in [6, 6.07) is 10.5. The van der Waals surface area contributed by atoms with E-state index in [1.165, 1.54) is 12.1 Å². The lowest BCUT2D eigenvalue weighted by molar-refractivity contribution is 0.303. The third-order valence-electron chi connectivity index (χ3n) is 3.20. The average Bonchev–Trinajstić information content (AvgIpc) is 2.45. The summed E-state index contributed by atoms with van der Waals surface area (Å²) in [5.41, 5.74) is 9.15. The highest BCUT2D eigenvalue weighted by Crippen LogP contribution is 2.21. The van der Waals surface area contributed by atoms with Crippen LogP contribution < -0.4 is 10.5 Å². The van der Waals surface area contributed by atoms with Crippen molar-refractivity contribution >= 4 is 0 Å². The van der Waals surface area contributed by atoms with E-state index in [1.807, 2.05) is 32.0 Å². The minimum absolute atomic E-state index is 0.227. The molecule has 3 heteroatoms. The van der Waals surface area contributed by atoms with Crippen molar-refractivity contribution in [1.29, 1.82) is 0 Å². The Balaban J connectivity index is 2.09. The average molecular weight is 283 g/mol. The molecule has 0 aliphatic heterocycles. The van der Waals surface area contributed by atoms with E-state index in [-0.39, 0.29) is 5.82 Å². The Hall–Kier alpha value is -2.31. The molecule has 0 spiro atoms. The van der Waals surface area contributed by atoms with Gasteiger partial charge >= 0.3 is 0 Å². The maximum Gasteiger partial charge on any atom is 0.123 e. The molecule has 0 aromatic heterocycles. The van der Waals surface area contributed by atoms with Crippen LogP contribution >= 0.6 is 0 Å². The normalized spacial score (nSPS) is 9.90. The van der Waals surface area contributed by atoms with Crippen molar-refractivity contribution in [3.8, 4) is 17.6 Å². The summed E-state index contributed by atoms with van der Waals surface area (Å²) in [5.74, 6) is 6.39. The van der Waals surface area contributed by atoms with Gasteiger partial charge in [0.05, 0.1) is 6.54 Å². The zero-order valence-corrected chi connectivity index (χ0v) is 12.2. The highest BCUT2D eigenvalue weighted by atomic mass is 19.1. The molecule has 0 atom stereocenters. The van der Waals surface area contributed by atoms with Gasteiger partial charge in [-0.3, -0.25) is 0 Å². The molecule has 2 rings (SSSR count). The molecule has 21 heavy (non-hydrogen) atoms. The predicted molar refractivity (Wildman–Crippen MR) is 82.6 cm³/mol. The molecule has 0 fully saturated rings. The van der Waals surface area contributed by atoms with Crippen molar-refractivity contribution in [2.24, 2.45) is 5.73 Å². The van der Waals surface area contributed by atoms with Crippen LogP contribution in [0.3, 0.4) is 0 Å². The maximum atomic E-state index is 13.1. The van der Waals surface area contributed by atoms with Crippen LogP contribution in [-0.2, 0) is 6.61 Å². The number of ether oxygens (including phenoxy) is 1. The van der Waals surface area contributed by atoms with Crippen molar-refractivity contribution in [2.45, 2.75) is 20.5 Å². The highest BCUT2D eigenvalue weighted by molar-refractivity contribution is 5.43. The zero-order chi connectivity index (χ0) is 15.2. The van der Waals surface area contributed by atoms with Gasteiger partial charge in [-0.25, -0.2) is 4.39 Å². The number of halogens is 1. The third-order valence-corrected chi connectivity index (χ3v) is 3.20. The molecule has 2 nitrogen and oxygen atoms in total. The van der Waals surface area contributed by atoms with E-state index in [4.69, 9.17) is 10.5 Å². The summed E-state index contributed by atoms with van der Waals surface area (Å²) in [5, 5.41) is 0.